The highest BCUT2D eigenvalue weighted by atomic mass is 16.4. The first kappa shape index (κ1) is 23.6. The van der Waals surface area contributed by atoms with Gasteiger partial charge in [-0.3, -0.25) is 19.2 Å². The topological polar surface area (TPSA) is 130 Å². The van der Waals surface area contributed by atoms with Crippen LogP contribution in [0.1, 0.15) is 36.3 Å². The number of nitrogens with two attached hydrogens (primary N) is 1. The maximum absolute atomic E-state index is 12.8. The lowest BCUT2D eigenvalue weighted by Gasteiger charge is -2.23. The fourth-order valence-corrected chi connectivity index (χ4v) is 3.23. The second-order valence-corrected chi connectivity index (χ2v) is 7.28. The summed E-state index contributed by atoms with van der Waals surface area (Å²) < 4.78 is 0. The summed E-state index contributed by atoms with van der Waals surface area (Å²) in [4.78, 5) is 48.6. The Bertz CT molecular complexity index is 862. The second-order valence-electron chi connectivity index (χ2n) is 7.28. The third kappa shape index (κ3) is 7.58. The third-order valence-corrected chi connectivity index (χ3v) is 4.91. The smallest absolute Gasteiger partial charge is 0.303 e. The number of carbonyl (C=O) groups excluding carboxylic acids is 3. The molecule has 0 heterocycles. The molecule has 164 valence electrons. The molecule has 31 heavy (non-hydrogen) atoms. The average molecular weight is 425 g/mol. The number of nitrogens with zero attached hydrogens (tertiary/aromatic N) is 1. The summed E-state index contributed by atoms with van der Waals surface area (Å²) >= 11 is 0. The van der Waals surface area contributed by atoms with Crippen molar-refractivity contribution in [2.75, 3.05) is 13.6 Å². The Kier molecular flexibility index (Phi) is 8.75. The van der Waals surface area contributed by atoms with Gasteiger partial charge in [-0.1, -0.05) is 60.7 Å². The van der Waals surface area contributed by atoms with Gasteiger partial charge in [0.05, 0.1) is 6.54 Å². The van der Waals surface area contributed by atoms with E-state index < -0.39 is 23.8 Å². The number of likely N-dealkylation sites (N-methyl/N-ethyl adjacent to an activating group) is 1. The molecule has 0 aliphatic carbocycles. The minimum absolute atomic E-state index is 0.113. The van der Waals surface area contributed by atoms with Crippen LogP contribution in [0.2, 0.25) is 0 Å². The van der Waals surface area contributed by atoms with Crippen molar-refractivity contribution in [1.29, 1.82) is 0 Å². The number of carboxylic acids is 1. The minimum Gasteiger partial charge on any atom is -0.481 e. The van der Waals surface area contributed by atoms with Crippen molar-refractivity contribution in [3.05, 3.63) is 71.8 Å². The summed E-state index contributed by atoms with van der Waals surface area (Å²) in [5.74, 6) is -2.91. The van der Waals surface area contributed by atoms with E-state index in [1.807, 2.05) is 60.7 Å². The van der Waals surface area contributed by atoms with E-state index in [1.165, 1.54) is 11.9 Å². The van der Waals surface area contributed by atoms with Crippen LogP contribution in [0.4, 0.5) is 0 Å². The molecule has 0 aliphatic heterocycles. The number of carbonyl (C=O) groups is 4. The van der Waals surface area contributed by atoms with Gasteiger partial charge >= 0.3 is 5.97 Å². The lowest BCUT2D eigenvalue weighted by molar-refractivity contribution is -0.138. The lowest BCUT2D eigenvalue weighted by atomic mass is 9.88. The van der Waals surface area contributed by atoms with Crippen LogP contribution >= 0.6 is 0 Å². The summed E-state index contributed by atoms with van der Waals surface area (Å²) in [6.07, 6.45) is -0.257. The normalized spacial score (nSPS) is 11.5. The van der Waals surface area contributed by atoms with Crippen LogP contribution in [0, 0.1) is 0 Å². The molecule has 2 rings (SSSR count). The highest BCUT2D eigenvalue weighted by molar-refractivity contribution is 5.89. The molecule has 8 nitrogen and oxygen atoms in total. The molecule has 0 bridgehead atoms. The third-order valence-electron chi connectivity index (χ3n) is 4.91. The van der Waals surface area contributed by atoms with Gasteiger partial charge in [-0.15, -0.1) is 0 Å². The van der Waals surface area contributed by atoms with Crippen molar-refractivity contribution >= 4 is 23.7 Å². The van der Waals surface area contributed by atoms with Crippen molar-refractivity contribution in [2.24, 2.45) is 5.73 Å². The van der Waals surface area contributed by atoms with Gasteiger partial charge in [0.15, 0.2) is 0 Å². The Balaban J connectivity index is 2.02. The maximum atomic E-state index is 12.8. The zero-order valence-corrected chi connectivity index (χ0v) is 17.4. The molecule has 1 atom stereocenters. The number of hydrogen-bond acceptors (Lipinski definition) is 4. The number of rotatable bonds is 11. The number of aliphatic carboxylic acids is 1. The molecule has 0 fully saturated rings. The highest BCUT2D eigenvalue weighted by Gasteiger charge is 2.24. The Labute approximate surface area is 181 Å². The van der Waals surface area contributed by atoms with Crippen LogP contribution < -0.4 is 11.1 Å². The van der Waals surface area contributed by atoms with Crippen molar-refractivity contribution in [3.63, 3.8) is 0 Å². The van der Waals surface area contributed by atoms with Crippen LogP contribution in [-0.2, 0) is 19.2 Å². The molecule has 0 spiro atoms. The summed E-state index contributed by atoms with van der Waals surface area (Å²) in [7, 11) is 1.51. The summed E-state index contributed by atoms with van der Waals surface area (Å²) in [6, 6.07) is 18.2. The van der Waals surface area contributed by atoms with Crippen LogP contribution in [-0.4, -0.2) is 53.3 Å². The maximum Gasteiger partial charge on any atom is 0.303 e. The molecule has 2 aromatic rings. The molecule has 2 aromatic carbocycles. The van der Waals surface area contributed by atoms with Gasteiger partial charge in [-0.25, -0.2) is 0 Å². The number of hydrogen-bond donors (Lipinski definition) is 3. The Hall–Kier alpha value is -3.68. The van der Waals surface area contributed by atoms with E-state index in [0.717, 1.165) is 11.1 Å². The molecular formula is C23H27N3O5. The van der Waals surface area contributed by atoms with E-state index in [9.17, 15) is 19.2 Å². The SMILES string of the molecule is CN(CC(=O)NC(CCC(=O)O)C(N)=O)C(=O)CC(c1ccccc1)c1ccccc1. The molecule has 3 amide bonds. The number of primary amides is 1. The number of benzene rings is 2. The van der Waals surface area contributed by atoms with E-state index in [2.05, 4.69) is 5.32 Å². The Morgan fingerprint density at radius 3 is 1.94 bits per heavy atom. The number of amides is 3. The van der Waals surface area contributed by atoms with Crippen LogP contribution in [0.15, 0.2) is 60.7 Å². The zero-order chi connectivity index (χ0) is 22.8. The second kappa shape index (κ2) is 11.5. The van der Waals surface area contributed by atoms with E-state index in [4.69, 9.17) is 10.8 Å². The Morgan fingerprint density at radius 1 is 0.968 bits per heavy atom. The van der Waals surface area contributed by atoms with E-state index >= 15 is 0 Å². The van der Waals surface area contributed by atoms with Crippen molar-refractivity contribution < 1.29 is 24.3 Å². The fraction of sp³-hybridized carbons (Fsp3) is 0.304. The zero-order valence-electron chi connectivity index (χ0n) is 17.4. The van der Waals surface area contributed by atoms with Crippen LogP contribution in [0.5, 0.6) is 0 Å². The largest absolute Gasteiger partial charge is 0.481 e. The predicted molar refractivity (Wildman–Crippen MR) is 115 cm³/mol. The molecule has 1 unspecified atom stereocenters. The molecule has 0 aromatic heterocycles. The molecule has 0 radical (unpaired) electrons. The molecule has 0 saturated carbocycles. The lowest BCUT2D eigenvalue weighted by Crippen LogP contribution is -2.48. The van der Waals surface area contributed by atoms with Gasteiger partial charge in [-0.2, -0.15) is 0 Å². The summed E-state index contributed by atoms with van der Waals surface area (Å²) in [5, 5.41) is 11.2. The predicted octanol–water partition coefficient (Wildman–Crippen LogP) is 1.50. The van der Waals surface area contributed by atoms with Crippen molar-refractivity contribution in [2.45, 2.75) is 31.2 Å². The van der Waals surface area contributed by atoms with Gasteiger partial charge in [0.25, 0.3) is 0 Å². The number of carboxylic acid groups (broad SMARTS) is 1. The monoisotopic (exact) mass is 425 g/mol. The molecule has 0 saturated heterocycles. The van der Waals surface area contributed by atoms with Gasteiger partial charge in [0.1, 0.15) is 6.04 Å². The van der Waals surface area contributed by atoms with Crippen LogP contribution in [0.25, 0.3) is 0 Å². The first-order valence-corrected chi connectivity index (χ1v) is 9.92. The van der Waals surface area contributed by atoms with Gasteiger partial charge in [0, 0.05) is 25.8 Å². The van der Waals surface area contributed by atoms with Gasteiger partial charge < -0.3 is 21.1 Å². The van der Waals surface area contributed by atoms with Gasteiger partial charge in [0.2, 0.25) is 17.7 Å². The Morgan fingerprint density at radius 2 is 1.48 bits per heavy atom. The summed E-state index contributed by atoms with van der Waals surface area (Å²) in [5.41, 5.74) is 7.21. The molecular weight excluding hydrogens is 398 g/mol. The average Bonchev–Trinajstić information content (AvgIpc) is 2.75. The molecule has 8 heteroatoms. The fourth-order valence-electron chi connectivity index (χ4n) is 3.23. The van der Waals surface area contributed by atoms with E-state index in [-0.39, 0.29) is 37.6 Å². The van der Waals surface area contributed by atoms with Crippen molar-refractivity contribution in [1.82, 2.24) is 10.2 Å². The van der Waals surface area contributed by atoms with Gasteiger partial charge in [-0.05, 0) is 17.5 Å². The first-order valence-electron chi connectivity index (χ1n) is 9.92. The molecule has 0 aliphatic rings. The van der Waals surface area contributed by atoms with Crippen LogP contribution in [0.3, 0.4) is 0 Å². The highest BCUT2D eigenvalue weighted by Crippen LogP contribution is 2.28. The standard InChI is InChI=1S/C23H27N3O5/c1-26(15-20(27)25-19(23(24)31)12-13-22(29)30)21(28)14-18(16-8-4-2-5-9-16)17-10-6-3-7-11-17/h2-11,18-19H,12-15H2,1H3,(H2,24,31)(H,25,27)(H,29,30). The van der Waals surface area contributed by atoms with Crippen molar-refractivity contribution in [3.8, 4) is 0 Å². The van der Waals surface area contributed by atoms with E-state index in [0.29, 0.717) is 0 Å². The molecule has 4 N–H and O–H groups in total. The summed E-state index contributed by atoms with van der Waals surface area (Å²) in [6.45, 7) is -0.272. The van der Waals surface area contributed by atoms with E-state index in [1.54, 1.807) is 0 Å². The first-order chi connectivity index (χ1) is 14.8. The minimum atomic E-state index is -1.10. The number of nitrogens with one attached hydrogen (secondary N) is 1. The quantitative estimate of drug-likeness (QED) is 0.502.